The maximum absolute atomic E-state index is 2.78. The molecule has 2 aromatic carbocycles. The van der Waals surface area contributed by atoms with E-state index in [2.05, 4.69) is 133 Å². The molecule has 0 saturated heterocycles. The van der Waals surface area contributed by atoms with Gasteiger partial charge < -0.3 is 0 Å². The van der Waals surface area contributed by atoms with Crippen LogP contribution in [0.5, 0.6) is 0 Å². The van der Waals surface area contributed by atoms with Gasteiger partial charge >= 0.3 is 198 Å². The summed E-state index contributed by atoms with van der Waals surface area (Å²) in [7, 11) is -2.16. The molecule has 0 radical (unpaired) electrons. The quantitative estimate of drug-likeness (QED) is 0.620. The van der Waals surface area contributed by atoms with E-state index in [0.717, 1.165) is 26.2 Å². The van der Waals surface area contributed by atoms with Crippen molar-refractivity contribution < 1.29 is 0 Å². The molecule has 1 heterocycles. The van der Waals surface area contributed by atoms with E-state index >= 15 is 0 Å². The van der Waals surface area contributed by atoms with Gasteiger partial charge in [0.15, 0.2) is 0 Å². The molecule has 1 aliphatic rings. The van der Waals surface area contributed by atoms with Crippen molar-refractivity contribution in [3.8, 4) is 0 Å². The van der Waals surface area contributed by atoms with Gasteiger partial charge in [-0.1, -0.05) is 0 Å². The van der Waals surface area contributed by atoms with Crippen LogP contribution in [0.25, 0.3) is 11.1 Å². The summed E-state index contributed by atoms with van der Waals surface area (Å²) in [4.78, 5) is 0. The van der Waals surface area contributed by atoms with Crippen LogP contribution >= 0.6 is 0 Å². The van der Waals surface area contributed by atoms with E-state index in [9.17, 15) is 0 Å². The second-order valence-corrected chi connectivity index (χ2v) is 11.9. The summed E-state index contributed by atoms with van der Waals surface area (Å²) in [6.45, 7) is 13.6. The zero-order valence-corrected chi connectivity index (χ0v) is 20.0. The molecule has 0 bridgehead atoms. The number of allylic oxidation sites excluding steroid dienone is 2. The van der Waals surface area contributed by atoms with E-state index < -0.39 is 8.40 Å². The van der Waals surface area contributed by atoms with Crippen molar-refractivity contribution in [2.45, 2.75) is 27.7 Å². The molecule has 0 N–H and O–H groups in total. The average Bonchev–Trinajstić information content (AvgIpc) is 2.99. The normalized spacial score (nSPS) is 16.5. The first-order valence-corrected chi connectivity index (χ1v) is 13.0. The van der Waals surface area contributed by atoms with Gasteiger partial charge in [-0.2, -0.15) is 0 Å². The molecule has 3 rings (SSSR count). The SMILES string of the molecule is [Li][C]1=C(c2ccccc2)C(c2ccccc2)=[C]([Li])[Si]1(N(CC)CC)N(CC)CC. The Kier molecular flexibility index (Phi) is 7.94. The van der Waals surface area contributed by atoms with Gasteiger partial charge in [-0.15, -0.1) is 0 Å². The minimum absolute atomic E-state index is 1.08. The van der Waals surface area contributed by atoms with Gasteiger partial charge in [-0.25, -0.2) is 0 Å². The topological polar surface area (TPSA) is 6.48 Å². The maximum atomic E-state index is 2.78. The molecule has 5 heteroatoms. The summed E-state index contributed by atoms with van der Waals surface area (Å²) in [5.74, 6) is 0. The number of hydrogen-bond donors (Lipinski definition) is 0. The van der Waals surface area contributed by atoms with Crippen LogP contribution in [0.3, 0.4) is 0 Å². The minimum atomic E-state index is -2.16. The molecule has 142 valence electrons. The summed E-state index contributed by atoms with van der Waals surface area (Å²) in [5.41, 5.74) is 5.60. The predicted octanol–water partition coefficient (Wildman–Crippen LogP) is 4.36. The van der Waals surface area contributed by atoms with Crippen LogP contribution in [-0.4, -0.2) is 79.1 Å². The molecule has 0 aromatic heterocycles. The van der Waals surface area contributed by atoms with Gasteiger partial charge in [-0.3, -0.25) is 0 Å². The Morgan fingerprint density at radius 3 is 1.17 bits per heavy atom. The third kappa shape index (κ3) is 3.84. The Balaban J connectivity index is 2.41. The number of benzene rings is 2. The van der Waals surface area contributed by atoms with Crippen LogP contribution in [0.4, 0.5) is 0 Å². The van der Waals surface area contributed by atoms with Crippen molar-refractivity contribution in [2.75, 3.05) is 26.2 Å². The zero-order valence-electron chi connectivity index (χ0n) is 19.0. The van der Waals surface area contributed by atoms with Crippen molar-refractivity contribution in [1.82, 2.24) is 9.13 Å². The van der Waals surface area contributed by atoms with Gasteiger partial charge in [0, 0.05) is 0 Å². The van der Waals surface area contributed by atoms with Crippen LogP contribution < -0.4 is 0 Å². The fraction of sp³-hybridized carbons (Fsp3) is 0.333. The van der Waals surface area contributed by atoms with Crippen LogP contribution in [0, 0.1) is 0 Å². The summed E-state index contributed by atoms with van der Waals surface area (Å²) >= 11 is 4.84. The fourth-order valence-corrected chi connectivity index (χ4v) is 11.4. The summed E-state index contributed by atoms with van der Waals surface area (Å²) in [6.07, 6.45) is 0. The number of rotatable bonds is 8. The Hall–Kier alpha value is -0.748. The van der Waals surface area contributed by atoms with E-state index in [0.29, 0.717) is 0 Å². The third-order valence-electron chi connectivity index (χ3n) is 6.61. The molecular weight excluding hydrogens is 358 g/mol. The molecule has 0 atom stereocenters. The standard InChI is InChI=1S/C24H30N2Si.2Li/c1-5-25(6-2)27(26(7-3)8-4)19-23(21-15-11-9-12-16-21)24(20-27)22-17-13-10-14-18-22;;/h9-18H,5-8H2,1-4H3;;. The van der Waals surface area contributed by atoms with Gasteiger partial charge in [0.05, 0.1) is 0 Å². The molecule has 2 aromatic rings. The second-order valence-electron chi connectivity index (χ2n) is 7.75. The van der Waals surface area contributed by atoms with Crippen LogP contribution in [0.15, 0.2) is 68.4 Å². The fourth-order valence-electron chi connectivity index (χ4n) is 5.45. The van der Waals surface area contributed by atoms with E-state index in [-0.39, 0.29) is 0 Å². The van der Waals surface area contributed by atoms with Crippen molar-refractivity contribution >= 4 is 55.0 Å². The molecule has 0 fully saturated rings. The monoisotopic (exact) mass is 388 g/mol. The number of nitrogens with zero attached hydrogens (tertiary/aromatic N) is 2. The Bertz CT molecular complexity index is 810. The van der Waals surface area contributed by atoms with E-state index in [1.54, 1.807) is 7.74 Å². The molecule has 29 heavy (non-hydrogen) atoms. The Morgan fingerprint density at radius 1 is 0.586 bits per heavy atom. The van der Waals surface area contributed by atoms with Crippen LogP contribution in [0.1, 0.15) is 38.8 Å². The molecule has 0 spiro atoms. The average molecular weight is 388 g/mol. The Morgan fingerprint density at radius 2 is 0.897 bits per heavy atom. The first-order valence-electron chi connectivity index (χ1n) is 11.1. The molecule has 0 aliphatic carbocycles. The molecular formula is C24H30Li2N2Si. The summed E-state index contributed by atoms with van der Waals surface area (Å²) in [6, 6.07) is 22.0. The molecule has 1 aliphatic heterocycles. The Labute approximate surface area is 196 Å². The van der Waals surface area contributed by atoms with E-state index in [1.165, 1.54) is 22.3 Å². The second kappa shape index (κ2) is 10.0. The predicted molar refractivity (Wildman–Crippen MR) is 130 cm³/mol. The van der Waals surface area contributed by atoms with Crippen molar-refractivity contribution in [1.29, 1.82) is 0 Å². The van der Waals surface area contributed by atoms with Gasteiger partial charge in [0.25, 0.3) is 0 Å². The van der Waals surface area contributed by atoms with E-state index in [4.69, 9.17) is 0 Å². The zero-order chi connectivity index (χ0) is 21.0. The van der Waals surface area contributed by atoms with Crippen molar-refractivity contribution in [3.05, 3.63) is 79.5 Å². The molecule has 0 saturated carbocycles. The first-order chi connectivity index (χ1) is 14.1. The van der Waals surface area contributed by atoms with Crippen LogP contribution in [0.2, 0.25) is 0 Å². The molecule has 0 unspecified atom stereocenters. The number of hydrogen-bond acceptors (Lipinski definition) is 2. The van der Waals surface area contributed by atoms with Gasteiger partial charge in [-0.05, 0) is 0 Å². The third-order valence-corrected chi connectivity index (χ3v) is 12.3. The van der Waals surface area contributed by atoms with Gasteiger partial charge in [0.2, 0.25) is 0 Å². The summed E-state index contributed by atoms with van der Waals surface area (Å²) in [5, 5.41) is 0. The van der Waals surface area contributed by atoms with Crippen molar-refractivity contribution in [3.63, 3.8) is 0 Å². The van der Waals surface area contributed by atoms with E-state index in [1.807, 2.05) is 0 Å². The summed E-state index contributed by atoms with van der Waals surface area (Å²) < 4.78 is 8.74. The van der Waals surface area contributed by atoms with Crippen LogP contribution in [-0.2, 0) is 0 Å². The molecule has 2 nitrogen and oxygen atoms in total. The van der Waals surface area contributed by atoms with Crippen molar-refractivity contribution in [2.24, 2.45) is 0 Å². The first kappa shape index (κ1) is 22.9. The molecule has 0 amide bonds. The van der Waals surface area contributed by atoms with Gasteiger partial charge in [0.1, 0.15) is 0 Å².